The van der Waals surface area contributed by atoms with Crippen molar-refractivity contribution >= 4 is 48.0 Å². The van der Waals surface area contributed by atoms with Crippen LogP contribution in [0.4, 0.5) is 9.59 Å². The summed E-state index contributed by atoms with van der Waals surface area (Å²) in [5, 5.41) is 4.86. The van der Waals surface area contributed by atoms with Crippen LogP contribution in [0.15, 0.2) is 25.3 Å². The molecule has 0 rings (SSSR count). The number of carbonyl (C=O) groups is 8. The molecule has 2 atom stereocenters. The van der Waals surface area contributed by atoms with E-state index in [1.54, 1.807) is 13.8 Å². The molecule has 0 aliphatic rings. The fourth-order valence-electron chi connectivity index (χ4n) is 4.21. The molecule has 0 spiro atoms. The lowest BCUT2D eigenvalue weighted by atomic mass is 9.94. The van der Waals surface area contributed by atoms with Crippen LogP contribution in [0.5, 0.6) is 0 Å². The zero-order valence-electron chi connectivity index (χ0n) is 31.4. The van der Waals surface area contributed by atoms with Gasteiger partial charge in [0.15, 0.2) is 0 Å². The monoisotopic (exact) mass is 772 g/mol. The Labute approximate surface area is 315 Å². The molecule has 0 aromatic carbocycles. The quantitative estimate of drug-likeness (QED) is 0.0445. The molecule has 2 N–H and O–H groups in total. The normalized spacial score (nSPS) is 11.4. The summed E-state index contributed by atoms with van der Waals surface area (Å²) < 4.78 is 40.0. The fourth-order valence-corrected chi connectivity index (χ4v) is 4.21. The molecule has 0 aliphatic heterocycles. The number of esters is 6. The molecule has 0 saturated carbocycles. The van der Waals surface area contributed by atoms with Gasteiger partial charge >= 0.3 is 48.0 Å². The van der Waals surface area contributed by atoms with Gasteiger partial charge in [0.1, 0.15) is 39.6 Å². The maximum Gasteiger partial charge on any atom is 0.407 e. The summed E-state index contributed by atoms with van der Waals surface area (Å²) in [5.74, 6) is -4.36. The van der Waals surface area contributed by atoms with Crippen molar-refractivity contribution in [3.63, 3.8) is 0 Å². The van der Waals surface area contributed by atoms with Crippen LogP contribution in [0.2, 0.25) is 0 Å². The van der Waals surface area contributed by atoms with Crippen molar-refractivity contribution in [3.8, 4) is 0 Å². The summed E-state index contributed by atoms with van der Waals surface area (Å²) in [7, 11) is 0. The Bertz CT molecular complexity index is 1190. The lowest BCUT2D eigenvalue weighted by Crippen LogP contribution is -2.28. The van der Waals surface area contributed by atoms with E-state index in [2.05, 4.69) is 23.8 Å². The lowest BCUT2D eigenvalue weighted by Gasteiger charge is -2.18. The van der Waals surface area contributed by atoms with Crippen LogP contribution in [0.3, 0.4) is 0 Å². The van der Waals surface area contributed by atoms with Gasteiger partial charge in [-0.3, -0.25) is 19.2 Å². The van der Waals surface area contributed by atoms with Crippen LogP contribution in [0.25, 0.3) is 0 Å². The molecule has 0 aromatic heterocycles. The summed E-state index contributed by atoms with van der Waals surface area (Å²) in [6.45, 7) is 9.91. The highest BCUT2D eigenvalue weighted by atomic mass is 16.6. The Morgan fingerprint density at radius 1 is 0.519 bits per heavy atom. The number of amides is 2. The van der Waals surface area contributed by atoms with E-state index >= 15 is 0 Å². The summed E-state index contributed by atoms with van der Waals surface area (Å²) in [4.78, 5) is 93.7. The van der Waals surface area contributed by atoms with E-state index < -0.39 is 59.8 Å². The van der Waals surface area contributed by atoms with Crippen molar-refractivity contribution in [1.29, 1.82) is 0 Å². The van der Waals surface area contributed by atoms with E-state index in [0.29, 0.717) is 44.9 Å². The largest absolute Gasteiger partial charge is 0.462 e. The van der Waals surface area contributed by atoms with E-state index in [1.807, 2.05) is 0 Å². The third-order valence-electron chi connectivity index (χ3n) is 7.13. The van der Waals surface area contributed by atoms with Gasteiger partial charge in [0.05, 0.1) is 38.1 Å². The molecule has 54 heavy (non-hydrogen) atoms. The zero-order valence-corrected chi connectivity index (χ0v) is 31.4. The molecular formula is C36H56N2O16. The molecule has 306 valence electrons. The number of carbonyl (C=O) groups excluding carboxylic acids is 8. The van der Waals surface area contributed by atoms with E-state index in [0.717, 1.165) is 12.2 Å². The lowest BCUT2D eigenvalue weighted by molar-refractivity contribution is -0.158. The topological polar surface area (TPSA) is 234 Å². The van der Waals surface area contributed by atoms with E-state index in [9.17, 15) is 38.4 Å². The second-order valence-corrected chi connectivity index (χ2v) is 11.5. The van der Waals surface area contributed by atoms with Crippen LogP contribution < -0.4 is 10.6 Å². The Morgan fingerprint density at radius 3 is 1.37 bits per heavy atom. The summed E-state index contributed by atoms with van der Waals surface area (Å²) >= 11 is 0. The number of hydrogen-bond donors (Lipinski definition) is 2. The predicted octanol–water partition coefficient (Wildman–Crippen LogP) is 3.24. The first-order valence-electron chi connectivity index (χ1n) is 18.0. The summed E-state index contributed by atoms with van der Waals surface area (Å²) in [5.41, 5.74) is 0. The van der Waals surface area contributed by atoms with E-state index in [-0.39, 0.29) is 85.2 Å². The number of nitrogens with one attached hydrogen (secondary N) is 2. The molecule has 0 saturated heterocycles. The van der Waals surface area contributed by atoms with Gasteiger partial charge in [0, 0.05) is 25.0 Å². The first kappa shape index (κ1) is 48.8. The molecule has 18 heteroatoms. The first-order chi connectivity index (χ1) is 25.9. The van der Waals surface area contributed by atoms with E-state index in [4.69, 9.17) is 37.9 Å². The van der Waals surface area contributed by atoms with Gasteiger partial charge in [0.2, 0.25) is 0 Å². The molecule has 0 heterocycles. The number of alkyl carbamates (subject to hydrolysis) is 2. The minimum atomic E-state index is -0.644. The fraction of sp³-hybridized carbons (Fsp3) is 0.667. The number of ether oxygens (including phenoxy) is 8. The molecular weight excluding hydrogens is 716 g/mol. The predicted molar refractivity (Wildman–Crippen MR) is 189 cm³/mol. The Hall–Kier alpha value is -5.16. The average Bonchev–Trinajstić information content (AvgIpc) is 3.16. The number of unbranched alkanes of at least 4 members (excludes halogenated alkanes) is 4. The van der Waals surface area contributed by atoms with Gasteiger partial charge in [-0.2, -0.15) is 0 Å². The smallest absolute Gasteiger partial charge is 0.407 e. The standard InChI is InChI=1S/C36H56N2O16/c1-5-28(34(44)52-25-23-50-32(42)15-11-9-13-19-54-36(46)38-17-21-48-30(40)7-3)26-27(4)33(43)51-24-22-49-31(41)14-10-8-12-18-53-35(45)37-16-20-47-29(39)6-2/h6-7,27-28H,2-3,5,8-26H2,1,4H3,(H,37,45)(H,38,46). The van der Waals surface area contributed by atoms with Crippen LogP contribution in [0, 0.1) is 11.8 Å². The van der Waals surface area contributed by atoms with Crippen molar-refractivity contribution in [3.05, 3.63) is 25.3 Å². The number of hydrogen-bond acceptors (Lipinski definition) is 16. The van der Waals surface area contributed by atoms with Gasteiger partial charge in [-0.15, -0.1) is 0 Å². The average molecular weight is 773 g/mol. The highest BCUT2D eigenvalue weighted by molar-refractivity contribution is 5.81. The highest BCUT2D eigenvalue weighted by Gasteiger charge is 2.25. The van der Waals surface area contributed by atoms with Crippen molar-refractivity contribution in [2.24, 2.45) is 11.8 Å². The minimum Gasteiger partial charge on any atom is -0.462 e. The minimum absolute atomic E-state index is 0.00299. The van der Waals surface area contributed by atoms with E-state index in [1.165, 1.54) is 0 Å². The molecule has 0 aliphatic carbocycles. The Balaban J connectivity index is 3.91. The molecule has 0 radical (unpaired) electrons. The van der Waals surface area contributed by atoms with Crippen LogP contribution >= 0.6 is 0 Å². The molecule has 2 amide bonds. The third-order valence-corrected chi connectivity index (χ3v) is 7.13. The summed E-state index contributed by atoms with van der Waals surface area (Å²) in [6.07, 6.45) is 4.95. The van der Waals surface area contributed by atoms with Gasteiger partial charge in [-0.05, 0) is 51.4 Å². The van der Waals surface area contributed by atoms with Crippen molar-refractivity contribution in [2.75, 3.05) is 65.9 Å². The van der Waals surface area contributed by atoms with Crippen molar-refractivity contribution in [1.82, 2.24) is 10.6 Å². The molecule has 2 unspecified atom stereocenters. The zero-order chi connectivity index (χ0) is 40.4. The van der Waals surface area contributed by atoms with Gasteiger partial charge in [-0.25, -0.2) is 19.2 Å². The van der Waals surface area contributed by atoms with Crippen LogP contribution in [-0.2, 0) is 66.7 Å². The second-order valence-electron chi connectivity index (χ2n) is 11.5. The molecule has 0 fully saturated rings. The van der Waals surface area contributed by atoms with Crippen LogP contribution in [0.1, 0.15) is 78.1 Å². The number of rotatable bonds is 31. The highest BCUT2D eigenvalue weighted by Crippen LogP contribution is 2.18. The van der Waals surface area contributed by atoms with Crippen molar-refractivity contribution in [2.45, 2.75) is 78.1 Å². The van der Waals surface area contributed by atoms with Gasteiger partial charge in [0.25, 0.3) is 0 Å². The maximum absolute atomic E-state index is 12.5. The molecule has 0 aromatic rings. The SMILES string of the molecule is C=CC(=O)OCCNC(=O)OCCCCCC(=O)OCCOC(=O)C(C)CC(CC)C(=O)OCCOC(=O)CCCCCOC(=O)NCCOC(=O)C=C. The molecule has 18 nitrogen and oxygen atoms in total. The van der Waals surface area contributed by atoms with Crippen LogP contribution in [-0.4, -0.2) is 114 Å². The van der Waals surface area contributed by atoms with Gasteiger partial charge in [-0.1, -0.05) is 27.0 Å². The van der Waals surface area contributed by atoms with Gasteiger partial charge < -0.3 is 48.5 Å². The Kier molecular flexibility index (Phi) is 29.4. The maximum atomic E-state index is 12.5. The summed E-state index contributed by atoms with van der Waals surface area (Å²) in [6, 6.07) is 0. The third kappa shape index (κ3) is 28.4. The van der Waals surface area contributed by atoms with Crippen molar-refractivity contribution < 1.29 is 76.3 Å². The Morgan fingerprint density at radius 2 is 0.944 bits per heavy atom. The molecule has 0 bridgehead atoms. The first-order valence-corrected chi connectivity index (χ1v) is 18.0. The second kappa shape index (κ2) is 32.5.